The van der Waals surface area contributed by atoms with E-state index < -0.39 is 12.3 Å². The molecule has 0 N–H and O–H groups in total. The Morgan fingerprint density at radius 1 is 1.21 bits per heavy atom. The van der Waals surface area contributed by atoms with E-state index in [2.05, 4.69) is 6.07 Å². The lowest BCUT2D eigenvalue weighted by atomic mass is 9.99. The molecule has 0 rings (SSSR count). The first-order valence-electron chi connectivity index (χ1n) is 8.15. The van der Waals surface area contributed by atoms with E-state index in [1.807, 2.05) is 31.9 Å². The largest absolute Gasteiger partial charge is 0.359 e. The standard InChI is InChI=1S/C17H30N2O5/c1-5-23-17(24-6-2)9-8-15(13-22-14-21-4)16(12-20)19(3)11-7-10-18/h8-9,12,15-17H,5-7,11,13-14H2,1-4H3/b9-8-/t15-,16+/m1/s1. The van der Waals surface area contributed by atoms with Crippen LogP contribution in [0.15, 0.2) is 12.2 Å². The highest BCUT2D eigenvalue weighted by molar-refractivity contribution is 5.58. The van der Waals surface area contributed by atoms with Crippen LogP contribution in [0.1, 0.15) is 20.3 Å². The van der Waals surface area contributed by atoms with Crippen LogP contribution in [0.4, 0.5) is 0 Å². The van der Waals surface area contributed by atoms with Gasteiger partial charge in [-0.05, 0) is 27.0 Å². The number of ether oxygens (including phenoxy) is 4. The van der Waals surface area contributed by atoms with Gasteiger partial charge in [0.05, 0.1) is 18.7 Å². The summed E-state index contributed by atoms with van der Waals surface area (Å²) in [5, 5.41) is 8.72. The minimum atomic E-state index is -0.457. The highest BCUT2D eigenvalue weighted by Gasteiger charge is 2.23. The van der Waals surface area contributed by atoms with Crippen LogP contribution >= 0.6 is 0 Å². The summed E-state index contributed by atoms with van der Waals surface area (Å²) in [5.74, 6) is -0.204. The lowest BCUT2D eigenvalue weighted by molar-refractivity contribution is -0.115. The molecule has 0 aromatic rings. The van der Waals surface area contributed by atoms with Crippen LogP contribution in [0.3, 0.4) is 0 Å². The molecule has 0 fully saturated rings. The minimum absolute atomic E-state index is 0.151. The predicted octanol–water partition coefficient (Wildman–Crippen LogP) is 1.59. The van der Waals surface area contributed by atoms with E-state index in [4.69, 9.17) is 24.2 Å². The van der Waals surface area contributed by atoms with Crippen molar-refractivity contribution >= 4 is 6.29 Å². The Kier molecular flexibility index (Phi) is 14.4. The maximum Gasteiger partial charge on any atom is 0.176 e. The highest BCUT2D eigenvalue weighted by Crippen LogP contribution is 2.13. The van der Waals surface area contributed by atoms with Crippen LogP contribution in [-0.2, 0) is 23.7 Å². The molecule has 0 aliphatic heterocycles. The van der Waals surface area contributed by atoms with E-state index in [0.717, 1.165) is 6.29 Å². The molecule has 0 aromatic heterocycles. The third kappa shape index (κ3) is 9.75. The molecule has 0 aliphatic rings. The second-order valence-corrected chi connectivity index (χ2v) is 5.12. The van der Waals surface area contributed by atoms with Gasteiger partial charge < -0.3 is 23.7 Å². The number of methoxy groups -OCH3 is 1. The van der Waals surface area contributed by atoms with Crippen molar-refractivity contribution in [3.63, 3.8) is 0 Å². The molecule has 0 amide bonds. The number of carbonyl (C=O) groups excluding carboxylic acids is 1. The van der Waals surface area contributed by atoms with Gasteiger partial charge in [-0.1, -0.05) is 6.08 Å². The number of carbonyl (C=O) groups is 1. The fourth-order valence-electron chi connectivity index (χ4n) is 2.16. The maximum absolute atomic E-state index is 11.6. The number of nitrogens with zero attached hydrogens (tertiary/aromatic N) is 2. The van der Waals surface area contributed by atoms with Gasteiger partial charge >= 0.3 is 0 Å². The Labute approximate surface area is 145 Å². The second kappa shape index (κ2) is 15.2. The molecule has 7 heteroatoms. The van der Waals surface area contributed by atoms with Crippen LogP contribution in [0.25, 0.3) is 0 Å². The Balaban J connectivity index is 5.02. The Hall–Kier alpha value is -1.30. The van der Waals surface area contributed by atoms with E-state index in [0.29, 0.717) is 32.8 Å². The van der Waals surface area contributed by atoms with Crippen molar-refractivity contribution in [2.24, 2.45) is 5.92 Å². The number of aldehydes is 1. The van der Waals surface area contributed by atoms with Crippen molar-refractivity contribution in [1.82, 2.24) is 4.90 Å². The average Bonchev–Trinajstić information content (AvgIpc) is 2.58. The summed E-state index contributed by atoms with van der Waals surface area (Å²) in [6.07, 6.45) is 4.44. The molecule has 0 saturated carbocycles. The van der Waals surface area contributed by atoms with Crippen molar-refractivity contribution in [3.05, 3.63) is 12.2 Å². The molecular weight excluding hydrogens is 312 g/mol. The molecule has 0 saturated heterocycles. The van der Waals surface area contributed by atoms with Gasteiger partial charge in [-0.25, -0.2) is 0 Å². The van der Waals surface area contributed by atoms with Gasteiger partial charge in [-0.2, -0.15) is 5.26 Å². The quantitative estimate of drug-likeness (QED) is 0.193. The van der Waals surface area contributed by atoms with E-state index in [9.17, 15) is 4.79 Å². The highest BCUT2D eigenvalue weighted by atomic mass is 16.7. The van der Waals surface area contributed by atoms with Crippen LogP contribution < -0.4 is 0 Å². The minimum Gasteiger partial charge on any atom is -0.359 e. The van der Waals surface area contributed by atoms with Gasteiger partial charge in [-0.3, -0.25) is 4.90 Å². The molecule has 0 unspecified atom stereocenters. The Bertz CT molecular complexity index is 378. The topological polar surface area (TPSA) is 81.0 Å². The molecule has 7 nitrogen and oxygen atoms in total. The molecule has 0 spiro atoms. The van der Waals surface area contributed by atoms with E-state index in [1.165, 1.54) is 0 Å². The Morgan fingerprint density at radius 3 is 2.38 bits per heavy atom. The summed E-state index contributed by atoms with van der Waals surface area (Å²) in [5.41, 5.74) is 0. The van der Waals surface area contributed by atoms with Gasteiger partial charge in [0.2, 0.25) is 0 Å². The SMILES string of the molecule is CCOC(/C=C\[C@H](COCOC)[C@H](C=O)N(C)CCC#N)OCC. The van der Waals surface area contributed by atoms with Gasteiger partial charge in [0.15, 0.2) is 6.29 Å². The Morgan fingerprint density at radius 2 is 1.88 bits per heavy atom. The van der Waals surface area contributed by atoms with Crippen LogP contribution in [0.5, 0.6) is 0 Å². The van der Waals surface area contributed by atoms with Crippen LogP contribution in [-0.4, -0.2) is 70.8 Å². The molecule has 0 radical (unpaired) electrons. The number of nitriles is 1. The monoisotopic (exact) mass is 342 g/mol. The van der Waals surface area contributed by atoms with E-state index in [1.54, 1.807) is 13.2 Å². The second-order valence-electron chi connectivity index (χ2n) is 5.12. The molecular formula is C17H30N2O5. The molecule has 0 aromatic carbocycles. The predicted molar refractivity (Wildman–Crippen MR) is 90.2 cm³/mol. The van der Waals surface area contributed by atoms with Crippen molar-refractivity contribution < 1.29 is 23.7 Å². The third-order valence-electron chi connectivity index (χ3n) is 3.35. The summed E-state index contributed by atoms with van der Waals surface area (Å²) >= 11 is 0. The number of likely N-dealkylation sites (N-methyl/N-ethyl adjacent to an activating group) is 1. The maximum atomic E-state index is 11.6. The summed E-state index contributed by atoms with van der Waals surface area (Å²) < 4.78 is 21.3. The number of hydrogen-bond acceptors (Lipinski definition) is 7. The molecule has 24 heavy (non-hydrogen) atoms. The first-order chi connectivity index (χ1) is 11.6. The number of rotatable bonds is 15. The van der Waals surface area contributed by atoms with Crippen molar-refractivity contribution in [2.45, 2.75) is 32.6 Å². The molecule has 2 atom stereocenters. The van der Waals surface area contributed by atoms with Crippen LogP contribution in [0.2, 0.25) is 0 Å². The van der Waals surface area contributed by atoms with Gasteiger partial charge in [-0.15, -0.1) is 0 Å². The first-order valence-corrected chi connectivity index (χ1v) is 8.15. The fourth-order valence-corrected chi connectivity index (χ4v) is 2.16. The van der Waals surface area contributed by atoms with E-state index in [-0.39, 0.29) is 12.7 Å². The van der Waals surface area contributed by atoms with Crippen molar-refractivity contribution in [2.75, 3.05) is 47.3 Å². The summed E-state index contributed by atoms with van der Waals surface area (Å²) in [4.78, 5) is 13.4. The number of hydrogen-bond donors (Lipinski definition) is 0. The van der Waals surface area contributed by atoms with Gasteiger partial charge in [0.1, 0.15) is 13.1 Å². The summed E-state index contributed by atoms with van der Waals surface area (Å²) in [7, 11) is 3.36. The molecule has 0 bridgehead atoms. The molecule has 0 heterocycles. The van der Waals surface area contributed by atoms with Gasteiger partial charge in [0.25, 0.3) is 0 Å². The zero-order valence-corrected chi connectivity index (χ0v) is 15.1. The van der Waals surface area contributed by atoms with Crippen molar-refractivity contribution in [1.29, 1.82) is 5.26 Å². The lowest BCUT2D eigenvalue weighted by Crippen LogP contribution is -2.41. The van der Waals surface area contributed by atoms with Gasteiger partial charge in [0, 0.05) is 39.2 Å². The normalized spacial score (nSPS) is 14.2. The zero-order chi connectivity index (χ0) is 18.2. The smallest absolute Gasteiger partial charge is 0.176 e. The molecule has 138 valence electrons. The summed E-state index contributed by atoms with van der Waals surface area (Å²) in [6, 6.07) is 1.68. The third-order valence-corrected chi connectivity index (χ3v) is 3.35. The summed E-state index contributed by atoms with van der Waals surface area (Å²) in [6.45, 7) is 5.81. The lowest BCUT2D eigenvalue weighted by Gasteiger charge is -2.28. The molecule has 0 aliphatic carbocycles. The first kappa shape index (κ1) is 22.7. The van der Waals surface area contributed by atoms with Crippen molar-refractivity contribution in [3.8, 4) is 6.07 Å². The zero-order valence-electron chi connectivity index (χ0n) is 15.1. The average molecular weight is 342 g/mol. The fraction of sp³-hybridized carbons (Fsp3) is 0.765. The van der Waals surface area contributed by atoms with E-state index >= 15 is 0 Å². The van der Waals surface area contributed by atoms with Crippen LogP contribution in [0, 0.1) is 17.2 Å².